The molecule has 0 fully saturated rings. The quantitative estimate of drug-likeness (QED) is 0.312. The molecule has 0 spiro atoms. The first-order valence-corrected chi connectivity index (χ1v) is 12.8. The predicted molar refractivity (Wildman–Crippen MR) is 139 cm³/mol. The summed E-state index contributed by atoms with van der Waals surface area (Å²) < 4.78 is 27.0. The van der Waals surface area contributed by atoms with Crippen molar-refractivity contribution in [1.29, 1.82) is 0 Å². The smallest absolute Gasteiger partial charge is 0.338 e. The van der Waals surface area contributed by atoms with E-state index in [1.165, 1.54) is 29.9 Å². The van der Waals surface area contributed by atoms with Crippen molar-refractivity contribution >= 4 is 35.0 Å². The molecule has 0 saturated heterocycles. The molecule has 2 aromatic carbocycles. The van der Waals surface area contributed by atoms with Crippen molar-refractivity contribution in [1.82, 2.24) is 4.57 Å². The molecule has 0 N–H and O–H groups in total. The van der Waals surface area contributed by atoms with E-state index in [-0.39, 0.29) is 20.7 Å². The Morgan fingerprint density at radius 2 is 1.97 bits per heavy atom. The third kappa shape index (κ3) is 5.15. The highest BCUT2D eigenvalue weighted by Gasteiger charge is 2.33. The normalized spacial score (nSPS) is 15.5. The summed E-state index contributed by atoms with van der Waals surface area (Å²) in [6.07, 6.45) is 4.59. The van der Waals surface area contributed by atoms with Crippen molar-refractivity contribution in [2.45, 2.75) is 39.2 Å². The van der Waals surface area contributed by atoms with E-state index in [2.05, 4.69) is 11.9 Å². The van der Waals surface area contributed by atoms with E-state index in [9.17, 15) is 14.0 Å². The van der Waals surface area contributed by atoms with Gasteiger partial charge < -0.3 is 9.47 Å². The minimum absolute atomic E-state index is 0.120. The van der Waals surface area contributed by atoms with Gasteiger partial charge in [0.25, 0.3) is 5.56 Å². The Balaban J connectivity index is 1.82. The van der Waals surface area contributed by atoms with Crippen LogP contribution in [-0.2, 0) is 9.53 Å². The highest BCUT2D eigenvalue weighted by Crippen LogP contribution is 2.31. The van der Waals surface area contributed by atoms with Crippen molar-refractivity contribution in [3.63, 3.8) is 0 Å². The summed E-state index contributed by atoms with van der Waals surface area (Å²) in [5.74, 6) is -0.407. The Labute approximate surface area is 217 Å². The van der Waals surface area contributed by atoms with E-state index in [0.29, 0.717) is 28.4 Å². The highest BCUT2D eigenvalue weighted by atomic mass is 35.5. The predicted octanol–water partition coefficient (Wildman–Crippen LogP) is 4.77. The molecule has 1 aliphatic rings. The summed E-state index contributed by atoms with van der Waals surface area (Å²) in [5, 5.41) is 0.193. The van der Waals surface area contributed by atoms with Crippen molar-refractivity contribution in [2.24, 2.45) is 4.99 Å². The van der Waals surface area contributed by atoms with Gasteiger partial charge in [0, 0.05) is 5.56 Å². The summed E-state index contributed by atoms with van der Waals surface area (Å²) in [6, 6.07) is 10.9. The molecular weight excluding hydrogens is 503 g/mol. The van der Waals surface area contributed by atoms with E-state index in [4.69, 9.17) is 21.1 Å². The Bertz CT molecular complexity index is 1470. The van der Waals surface area contributed by atoms with Crippen LogP contribution in [0.5, 0.6) is 5.75 Å². The summed E-state index contributed by atoms with van der Waals surface area (Å²) in [6.45, 7) is 4.46. The number of ether oxygens (including phenoxy) is 2. The summed E-state index contributed by atoms with van der Waals surface area (Å²) in [5.41, 5.74) is 1.12. The number of halogens is 2. The van der Waals surface area contributed by atoms with Crippen LogP contribution < -0.4 is 19.6 Å². The molecule has 9 heteroatoms. The Hall–Kier alpha value is -3.23. The molecule has 1 unspecified atom stereocenters. The zero-order valence-electron chi connectivity index (χ0n) is 20.2. The summed E-state index contributed by atoms with van der Waals surface area (Å²) >= 11 is 7.29. The fourth-order valence-corrected chi connectivity index (χ4v) is 5.32. The second kappa shape index (κ2) is 11.2. The van der Waals surface area contributed by atoms with Crippen LogP contribution in [0.4, 0.5) is 4.39 Å². The lowest BCUT2D eigenvalue weighted by atomic mass is 9.96. The molecule has 6 nitrogen and oxygen atoms in total. The Morgan fingerprint density at radius 3 is 2.64 bits per heavy atom. The fraction of sp³-hybridized carbons (Fsp3) is 0.296. The number of nitrogens with zero attached hydrogens (tertiary/aromatic N) is 2. The van der Waals surface area contributed by atoms with Gasteiger partial charge in [-0.25, -0.2) is 14.2 Å². The molecule has 0 saturated carbocycles. The number of fused-ring (bicyclic) bond motifs is 1. The minimum Gasteiger partial charge on any atom is -0.494 e. The number of allylic oxidation sites excluding steroid dienone is 1. The lowest BCUT2D eigenvalue weighted by Gasteiger charge is -2.24. The van der Waals surface area contributed by atoms with E-state index in [1.54, 1.807) is 13.0 Å². The van der Waals surface area contributed by atoms with Crippen LogP contribution in [0.1, 0.15) is 50.3 Å². The number of thiazole rings is 1. The first-order valence-electron chi connectivity index (χ1n) is 11.6. The molecule has 4 rings (SSSR count). The number of hydrogen-bond donors (Lipinski definition) is 0. The number of aromatic nitrogens is 1. The maximum atomic E-state index is 14.4. The van der Waals surface area contributed by atoms with Gasteiger partial charge in [0.15, 0.2) is 4.80 Å². The van der Waals surface area contributed by atoms with E-state index in [1.807, 2.05) is 24.3 Å². The molecule has 1 aliphatic heterocycles. The zero-order valence-corrected chi connectivity index (χ0v) is 21.8. The Morgan fingerprint density at radius 1 is 1.22 bits per heavy atom. The molecule has 36 heavy (non-hydrogen) atoms. The summed E-state index contributed by atoms with van der Waals surface area (Å²) in [7, 11) is 1.29. The van der Waals surface area contributed by atoms with Crippen LogP contribution in [0.3, 0.4) is 0 Å². The van der Waals surface area contributed by atoms with Crippen molar-refractivity contribution in [2.75, 3.05) is 13.7 Å². The van der Waals surface area contributed by atoms with Gasteiger partial charge in [0.2, 0.25) is 0 Å². The maximum Gasteiger partial charge on any atom is 0.338 e. The first-order chi connectivity index (χ1) is 17.3. The molecule has 1 atom stereocenters. The van der Waals surface area contributed by atoms with Crippen LogP contribution in [-0.4, -0.2) is 24.3 Å². The molecule has 2 heterocycles. The molecule has 0 amide bonds. The van der Waals surface area contributed by atoms with Crippen LogP contribution in [0.15, 0.2) is 63.5 Å². The van der Waals surface area contributed by atoms with Gasteiger partial charge in [-0.05, 0) is 49.2 Å². The number of methoxy groups -OCH3 is 1. The molecule has 0 radical (unpaired) electrons. The van der Waals surface area contributed by atoms with Gasteiger partial charge in [0.1, 0.15) is 11.6 Å². The SMILES string of the molecule is CCCCCOc1ccc(C2C(C(=O)OC)=C(C)N=c3sc(=Cc4c(F)cccc4Cl)c(=O)n32)cc1. The van der Waals surface area contributed by atoms with E-state index < -0.39 is 23.4 Å². The molecule has 0 aliphatic carbocycles. The molecule has 3 aromatic rings. The first kappa shape index (κ1) is 25.9. The number of esters is 1. The van der Waals surface area contributed by atoms with Crippen LogP contribution >= 0.6 is 22.9 Å². The number of rotatable bonds is 8. The second-order valence-electron chi connectivity index (χ2n) is 8.33. The number of hydrogen-bond acceptors (Lipinski definition) is 6. The van der Waals surface area contributed by atoms with Crippen molar-refractivity contribution in [3.05, 3.63) is 95.4 Å². The molecule has 1 aromatic heterocycles. The van der Waals surface area contributed by atoms with E-state index >= 15 is 0 Å². The lowest BCUT2D eigenvalue weighted by molar-refractivity contribution is -0.136. The number of carbonyl (C=O) groups excluding carboxylic acids is 1. The third-order valence-corrected chi connectivity index (χ3v) is 7.23. The van der Waals surface area contributed by atoms with Crippen molar-refractivity contribution in [3.8, 4) is 5.75 Å². The fourth-order valence-electron chi connectivity index (χ4n) is 4.08. The molecule has 0 bridgehead atoms. The Kier molecular flexibility index (Phi) is 8.06. The molecule has 188 valence electrons. The van der Waals surface area contributed by atoms with E-state index in [0.717, 1.165) is 30.6 Å². The number of carbonyl (C=O) groups is 1. The van der Waals surface area contributed by atoms with Gasteiger partial charge in [0.05, 0.1) is 40.6 Å². The maximum absolute atomic E-state index is 14.4. The van der Waals surface area contributed by atoms with Crippen LogP contribution in [0.2, 0.25) is 5.02 Å². The van der Waals surface area contributed by atoms with Gasteiger partial charge in [-0.15, -0.1) is 0 Å². The standard InChI is InChI=1S/C27H26ClFN2O4S/c1-4-5-6-14-35-18-12-10-17(11-13-18)24-23(26(33)34-3)16(2)30-27-31(24)25(32)22(36-27)15-19-20(28)8-7-9-21(19)29/h7-13,15,24H,4-6,14H2,1-3H3. The largest absolute Gasteiger partial charge is 0.494 e. The number of unbranched alkanes of at least 4 members (excludes halogenated alkanes) is 2. The zero-order chi connectivity index (χ0) is 25.8. The van der Waals surface area contributed by atoms with Gasteiger partial charge in [-0.2, -0.15) is 0 Å². The lowest BCUT2D eigenvalue weighted by Crippen LogP contribution is -2.39. The summed E-state index contributed by atoms with van der Waals surface area (Å²) in [4.78, 5) is 31.3. The van der Waals surface area contributed by atoms with Gasteiger partial charge in [-0.3, -0.25) is 9.36 Å². The topological polar surface area (TPSA) is 69.9 Å². The van der Waals surface area contributed by atoms with Gasteiger partial charge in [-0.1, -0.05) is 60.9 Å². The minimum atomic E-state index is -0.763. The monoisotopic (exact) mass is 528 g/mol. The van der Waals surface area contributed by atoms with Crippen LogP contribution in [0, 0.1) is 5.82 Å². The van der Waals surface area contributed by atoms with Crippen molar-refractivity contribution < 1.29 is 18.7 Å². The second-order valence-corrected chi connectivity index (χ2v) is 9.75. The highest BCUT2D eigenvalue weighted by molar-refractivity contribution is 7.07. The molecular formula is C27H26ClFN2O4S. The van der Waals surface area contributed by atoms with Crippen LogP contribution in [0.25, 0.3) is 6.08 Å². The number of benzene rings is 2. The average molecular weight is 529 g/mol. The van der Waals surface area contributed by atoms with Gasteiger partial charge >= 0.3 is 5.97 Å². The third-order valence-electron chi connectivity index (χ3n) is 5.91. The average Bonchev–Trinajstić information content (AvgIpc) is 3.17.